The minimum absolute atomic E-state index is 0.585. The Bertz CT molecular complexity index is 356. The van der Waals surface area contributed by atoms with Gasteiger partial charge in [-0.25, -0.2) is 0 Å². The van der Waals surface area contributed by atoms with Gasteiger partial charge in [0, 0.05) is 0 Å². The van der Waals surface area contributed by atoms with E-state index >= 15 is 0 Å². The standard InChI is InChI=1S/C15H22/c1-10(2)13-7-8-14(11(3)4)15(9-13)12(5)6/h7-9,11-12H,1H2,2-6H3. The van der Waals surface area contributed by atoms with E-state index in [1.165, 1.54) is 16.7 Å². The van der Waals surface area contributed by atoms with Gasteiger partial charge in [-0.2, -0.15) is 0 Å². The Morgan fingerprint density at radius 3 is 1.93 bits per heavy atom. The summed E-state index contributed by atoms with van der Waals surface area (Å²) in [7, 11) is 0. The van der Waals surface area contributed by atoms with Crippen molar-refractivity contribution in [1.29, 1.82) is 0 Å². The lowest BCUT2D eigenvalue weighted by Gasteiger charge is -2.17. The third kappa shape index (κ3) is 2.71. The average Bonchev–Trinajstić information content (AvgIpc) is 2.16. The monoisotopic (exact) mass is 202 g/mol. The summed E-state index contributed by atoms with van der Waals surface area (Å²) < 4.78 is 0. The van der Waals surface area contributed by atoms with Gasteiger partial charge in [-0.05, 0) is 35.4 Å². The zero-order chi connectivity index (χ0) is 11.6. The van der Waals surface area contributed by atoms with Crippen LogP contribution in [0.3, 0.4) is 0 Å². The van der Waals surface area contributed by atoms with Crippen LogP contribution in [0.1, 0.15) is 63.1 Å². The van der Waals surface area contributed by atoms with Crippen molar-refractivity contribution in [2.45, 2.75) is 46.5 Å². The molecule has 0 amide bonds. The first-order valence-electron chi connectivity index (χ1n) is 5.73. The zero-order valence-corrected chi connectivity index (χ0v) is 10.6. The number of hydrogen-bond donors (Lipinski definition) is 0. The summed E-state index contributed by atoms with van der Waals surface area (Å²) in [6, 6.07) is 6.73. The van der Waals surface area contributed by atoms with E-state index in [-0.39, 0.29) is 0 Å². The minimum Gasteiger partial charge on any atom is -0.0955 e. The smallest absolute Gasteiger partial charge is 0.0216 e. The first-order valence-corrected chi connectivity index (χ1v) is 5.73. The van der Waals surface area contributed by atoms with E-state index in [4.69, 9.17) is 0 Å². The quantitative estimate of drug-likeness (QED) is 0.649. The highest BCUT2D eigenvalue weighted by Gasteiger charge is 2.10. The normalized spacial score (nSPS) is 11.1. The third-order valence-corrected chi connectivity index (χ3v) is 2.82. The molecule has 0 bridgehead atoms. The van der Waals surface area contributed by atoms with Crippen molar-refractivity contribution in [3.63, 3.8) is 0 Å². The molecule has 1 rings (SSSR count). The van der Waals surface area contributed by atoms with Crippen molar-refractivity contribution in [3.05, 3.63) is 41.5 Å². The topological polar surface area (TPSA) is 0 Å². The fourth-order valence-electron chi connectivity index (χ4n) is 1.87. The first kappa shape index (κ1) is 12.0. The van der Waals surface area contributed by atoms with Gasteiger partial charge in [0.05, 0.1) is 0 Å². The molecule has 0 spiro atoms. The van der Waals surface area contributed by atoms with E-state index in [1.54, 1.807) is 0 Å². The fourth-order valence-corrected chi connectivity index (χ4v) is 1.87. The minimum atomic E-state index is 0.585. The van der Waals surface area contributed by atoms with Gasteiger partial charge in [0.1, 0.15) is 0 Å². The van der Waals surface area contributed by atoms with Gasteiger partial charge < -0.3 is 0 Å². The second-order valence-electron chi connectivity index (χ2n) is 4.93. The predicted molar refractivity (Wildman–Crippen MR) is 69.3 cm³/mol. The van der Waals surface area contributed by atoms with Gasteiger partial charge >= 0.3 is 0 Å². The number of allylic oxidation sites excluding steroid dienone is 1. The van der Waals surface area contributed by atoms with Crippen molar-refractivity contribution in [3.8, 4) is 0 Å². The molecule has 82 valence electrons. The summed E-state index contributed by atoms with van der Waals surface area (Å²) in [4.78, 5) is 0. The molecule has 0 saturated carbocycles. The molecule has 0 aliphatic heterocycles. The van der Waals surface area contributed by atoms with Crippen molar-refractivity contribution < 1.29 is 0 Å². The molecule has 0 aromatic heterocycles. The van der Waals surface area contributed by atoms with Gasteiger partial charge in [0.2, 0.25) is 0 Å². The number of rotatable bonds is 3. The Morgan fingerprint density at radius 1 is 1.00 bits per heavy atom. The number of benzene rings is 1. The largest absolute Gasteiger partial charge is 0.0955 e. The summed E-state index contributed by atoms with van der Waals surface area (Å²) in [6.07, 6.45) is 0. The molecule has 0 heterocycles. The molecule has 0 aliphatic rings. The summed E-state index contributed by atoms with van der Waals surface area (Å²) in [5.41, 5.74) is 5.34. The average molecular weight is 202 g/mol. The Morgan fingerprint density at radius 2 is 1.53 bits per heavy atom. The van der Waals surface area contributed by atoms with Crippen LogP contribution >= 0.6 is 0 Å². The van der Waals surface area contributed by atoms with Gasteiger partial charge in [-0.1, -0.05) is 58.0 Å². The van der Waals surface area contributed by atoms with E-state index in [1.807, 2.05) is 0 Å². The van der Waals surface area contributed by atoms with Crippen molar-refractivity contribution in [2.75, 3.05) is 0 Å². The summed E-state index contributed by atoms with van der Waals surface area (Å²) in [5, 5.41) is 0. The maximum Gasteiger partial charge on any atom is -0.0216 e. The molecular weight excluding hydrogens is 180 g/mol. The molecule has 0 unspecified atom stereocenters. The fraction of sp³-hybridized carbons (Fsp3) is 0.467. The van der Waals surface area contributed by atoms with Gasteiger partial charge in [0.15, 0.2) is 0 Å². The Labute approximate surface area is 94.0 Å². The van der Waals surface area contributed by atoms with Crippen LogP contribution in [-0.4, -0.2) is 0 Å². The Hall–Kier alpha value is -1.04. The summed E-state index contributed by atoms with van der Waals surface area (Å²) >= 11 is 0. The van der Waals surface area contributed by atoms with Crippen LogP contribution in [-0.2, 0) is 0 Å². The zero-order valence-electron chi connectivity index (χ0n) is 10.6. The van der Waals surface area contributed by atoms with Gasteiger partial charge in [-0.15, -0.1) is 0 Å². The third-order valence-electron chi connectivity index (χ3n) is 2.82. The van der Waals surface area contributed by atoms with Crippen LogP contribution in [0, 0.1) is 0 Å². The molecular formula is C15H22. The SMILES string of the molecule is C=C(C)c1ccc(C(C)C)c(C(C)C)c1. The molecule has 0 nitrogen and oxygen atoms in total. The van der Waals surface area contributed by atoms with E-state index in [0.717, 1.165) is 5.57 Å². The molecule has 0 radical (unpaired) electrons. The number of hydrogen-bond acceptors (Lipinski definition) is 0. The predicted octanol–water partition coefficient (Wildman–Crippen LogP) is 4.97. The van der Waals surface area contributed by atoms with Crippen LogP contribution in [0.25, 0.3) is 5.57 Å². The van der Waals surface area contributed by atoms with Crippen LogP contribution < -0.4 is 0 Å². The van der Waals surface area contributed by atoms with Crippen LogP contribution in [0.5, 0.6) is 0 Å². The second-order valence-corrected chi connectivity index (χ2v) is 4.93. The lowest BCUT2D eigenvalue weighted by atomic mass is 9.88. The molecule has 0 atom stereocenters. The lowest BCUT2D eigenvalue weighted by Crippen LogP contribution is -1.99. The highest BCUT2D eigenvalue weighted by molar-refractivity contribution is 5.63. The molecule has 0 saturated heterocycles. The molecule has 0 N–H and O–H groups in total. The molecule has 15 heavy (non-hydrogen) atoms. The molecule has 0 heteroatoms. The van der Waals surface area contributed by atoms with Crippen molar-refractivity contribution >= 4 is 5.57 Å². The second kappa shape index (κ2) is 4.65. The Balaban J connectivity index is 3.27. The maximum atomic E-state index is 4.00. The summed E-state index contributed by atoms with van der Waals surface area (Å²) in [5.74, 6) is 1.18. The van der Waals surface area contributed by atoms with Crippen LogP contribution in [0.2, 0.25) is 0 Å². The van der Waals surface area contributed by atoms with Gasteiger partial charge in [-0.3, -0.25) is 0 Å². The maximum absolute atomic E-state index is 4.00. The van der Waals surface area contributed by atoms with E-state index in [0.29, 0.717) is 11.8 Å². The molecule has 1 aromatic carbocycles. The lowest BCUT2D eigenvalue weighted by molar-refractivity contribution is 0.789. The molecule has 0 fully saturated rings. The van der Waals surface area contributed by atoms with E-state index in [9.17, 15) is 0 Å². The van der Waals surface area contributed by atoms with Gasteiger partial charge in [0.25, 0.3) is 0 Å². The van der Waals surface area contributed by atoms with E-state index < -0.39 is 0 Å². The van der Waals surface area contributed by atoms with E-state index in [2.05, 4.69) is 59.4 Å². The van der Waals surface area contributed by atoms with Crippen LogP contribution in [0.4, 0.5) is 0 Å². The Kier molecular flexibility index (Phi) is 3.73. The van der Waals surface area contributed by atoms with Crippen LogP contribution in [0.15, 0.2) is 24.8 Å². The van der Waals surface area contributed by atoms with Crippen molar-refractivity contribution in [1.82, 2.24) is 0 Å². The molecule has 0 aliphatic carbocycles. The molecule has 1 aromatic rings. The summed E-state index contributed by atoms with van der Waals surface area (Å²) in [6.45, 7) is 15.1. The van der Waals surface area contributed by atoms with Crippen molar-refractivity contribution in [2.24, 2.45) is 0 Å². The highest BCUT2D eigenvalue weighted by atomic mass is 14.2. The highest BCUT2D eigenvalue weighted by Crippen LogP contribution is 2.28. The first-order chi connectivity index (χ1) is 6.93.